The number of aliphatic hydroxyl groups is 1. The number of aliphatic hydroxyl groups excluding tert-OH is 1. The summed E-state index contributed by atoms with van der Waals surface area (Å²) in [6, 6.07) is -8.98. The predicted molar refractivity (Wildman–Crippen MR) is 293 cm³/mol. The molecule has 9 amide bonds. The molecule has 436 valence electrons. The minimum atomic E-state index is -1.37. The molecule has 76 heavy (non-hydrogen) atoms. The lowest BCUT2D eigenvalue weighted by atomic mass is 9.95. The maximum Gasteiger partial charge on any atom is 0.268 e. The zero-order chi connectivity index (χ0) is 58.7. The van der Waals surface area contributed by atoms with Gasteiger partial charge in [0.2, 0.25) is 41.4 Å². The van der Waals surface area contributed by atoms with Crippen molar-refractivity contribution in [3.8, 4) is 0 Å². The first-order chi connectivity index (χ1) is 35.4. The largest absolute Gasteiger partial charge is 0.383 e. The van der Waals surface area contributed by atoms with Crippen molar-refractivity contribution in [2.45, 2.75) is 217 Å². The van der Waals surface area contributed by atoms with Crippen LogP contribution in [-0.2, 0) is 47.9 Å². The van der Waals surface area contributed by atoms with Crippen LogP contribution in [0.1, 0.15) is 162 Å². The van der Waals surface area contributed by atoms with Gasteiger partial charge in [0.1, 0.15) is 54.1 Å². The summed E-state index contributed by atoms with van der Waals surface area (Å²) < 4.78 is 0. The van der Waals surface area contributed by atoms with Crippen LogP contribution >= 0.6 is 0 Å². The molecule has 0 aromatic rings. The number of hydrogen-bond donors (Lipinski definition) is 12. The van der Waals surface area contributed by atoms with E-state index < -0.39 is 137 Å². The molecule has 14 N–H and O–H groups in total. The molecule has 11 atom stereocenters. The number of allylic oxidation sites excluding steroid dienone is 1. The Bertz CT molecular complexity index is 1940. The van der Waals surface area contributed by atoms with Crippen LogP contribution in [0.15, 0.2) is 11.8 Å². The molecule has 0 saturated carbocycles. The second-order valence-electron chi connectivity index (χ2n) is 21.9. The number of ketones is 1. The lowest BCUT2D eigenvalue weighted by Gasteiger charge is -2.31. The van der Waals surface area contributed by atoms with Crippen molar-refractivity contribution in [1.82, 2.24) is 47.9 Å². The molecule has 0 aliphatic heterocycles. The molecule has 0 saturated heterocycles. The molecule has 0 heterocycles. The quantitative estimate of drug-likeness (QED) is 0.0313. The number of rotatable bonds is 36. The van der Waals surface area contributed by atoms with Crippen LogP contribution in [0.4, 0.5) is 0 Å². The zero-order valence-electron chi connectivity index (χ0n) is 48.6. The molecule has 0 spiro atoms. The van der Waals surface area contributed by atoms with E-state index in [4.69, 9.17) is 11.5 Å². The van der Waals surface area contributed by atoms with Crippen LogP contribution in [-0.4, -0.2) is 132 Å². The number of unbranched alkanes of at least 4 members (excludes halogenated alkanes) is 1. The van der Waals surface area contributed by atoms with Crippen LogP contribution in [0, 0.1) is 41.4 Å². The van der Waals surface area contributed by atoms with Crippen molar-refractivity contribution in [3.63, 3.8) is 0 Å². The maximum atomic E-state index is 14.3. The minimum Gasteiger partial charge on any atom is -0.383 e. The smallest absolute Gasteiger partial charge is 0.268 e. The molecule has 3 unspecified atom stereocenters. The summed E-state index contributed by atoms with van der Waals surface area (Å²) >= 11 is 0. The summed E-state index contributed by atoms with van der Waals surface area (Å²) in [5.41, 5.74) is 11.4. The SMILES string of the molecule is C/C=C(/NC(=O)[C@@H](O)[C@@H](C)CC)C(=O)NC(C(=O)N[C@H](CCCN)C(=O)N[C@H](C(=O)N[C@H](C(=O)N[C@H](C(=O)NC(CCCCN)C(=O)N[C@H](C(=O)NC(CC(C)C)C(C)=O)C(C)C)C(C)C)C(C)C)[C@@H](C)CC)C(C)C. The Morgan fingerprint density at radius 2 is 0.803 bits per heavy atom. The summed E-state index contributed by atoms with van der Waals surface area (Å²) in [5, 5.41) is 34.7. The van der Waals surface area contributed by atoms with Crippen molar-refractivity contribution in [2.24, 2.45) is 52.9 Å². The van der Waals surface area contributed by atoms with Crippen LogP contribution in [0.3, 0.4) is 0 Å². The molecule has 0 aromatic heterocycles. The number of nitrogens with one attached hydrogen (secondary N) is 9. The highest BCUT2D eigenvalue weighted by molar-refractivity contribution is 6.01. The Morgan fingerprint density at radius 3 is 1.17 bits per heavy atom. The molecule has 0 rings (SSSR count). The number of carbonyl (C=O) groups excluding carboxylic acids is 10. The third-order valence-corrected chi connectivity index (χ3v) is 13.4. The van der Waals surface area contributed by atoms with Crippen molar-refractivity contribution < 1.29 is 53.1 Å². The number of amides is 9. The highest BCUT2D eigenvalue weighted by Crippen LogP contribution is 2.16. The van der Waals surface area contributed by atoms with E-state index in [9.17, 15) is 53.1 Å². The molecule has 0 aliphatic rings. The number of hydrogen-bond acceptors (Lipinski definition) is 13. The Kier molecular flexibility index (Phi) is 33.2. The third kappa shape index (κ3) is 24.2. The maximum absolute atomic E-state index is 14.3. The third-order valence-electron chi connectivity index (χ3n) is 13.4. The van der Waals surface area contributed by atoms with Gasteiger partial charge < -0.3 is 64.4 Å². The Hall–Kier alpha value is -5.48. The van der Waals surface area contributed by atoms with Gasteiger partial charge >= 0.3 is 0 Å². The Morgan fingerprint density at radius 1 is 0.447 bits per heavy atom. The van der Waals surface area contributed by atoms with Crippen molar-refractivity contribution in [3.05, 3.63) is 11.8 Å². The summed E-state index contributed by atoms with van der Waals surface area (Å²) in [4.78, 5) is 137. The fraction of sp³-hybridized carbons (Fsp3) is 0.778. The summed E-state index contributed by atoms with van der Waals surface area (Å²) in [6.07, 6.45) is 2.79. The highest BCUT2D eigenvalue weighted by atomic mass is 16.3. The minimum absolute atomic E-state index is 0.0597. The highest BCUT2D eigenvalue weighted by Gasteiger charge is 2.38. The van der Waals surface area contributed by atoms with E-state index in [2.05, 4.69) is 47.9 Å². The Balaban J connectivity index is 6.55. The van der Waals surface area contributed by atoms with E-state index in [1.807, 2.05) is 27.7 Å². The van der Waals surface area contributed by atoms with Crippen LogP contribution in [0.5, 0.6) is 0 Å². The first kappa shape index (κ1) is 70.5. The van der Waals surface area contributed by atoms with Gasteiger partial charge in [0.15, 0.2) is 5.78 Å². The molecule has 0 bridgehead atoms. The van der Waals surface area contributed by atoms with Crippen molar-refractivity contribution >= 4 is 58.9 Å². The molecule has 0 radical (unpaired) electrons. The molecule has 22 heteroatoms. The summed E-state index contributed by atoms with van der Waals surface area (Å²) in [5.74, 6) is -9.26. The molecule has 0 aliphatic carbocycles. The van der Waals surface area contributed by atoms with E-state index in [1.54, 1.807) is 69.2 Å². The van der Waals surface area contributed by atoms with Crippen molar-refractivity contribution in [2.75, 3.05) is 13.1 Å². The molecular weight excluding hydrogens is 979 g/mol. The van der Waals surface area contributed by atoms with E-state index in [0.717, 1.165) is 0 Å². The first-order valence-corrected chi connectivity index (χ1v) is 27.4. The fourth-order valence-corrected chi connectivity index (χ4v) is 7.94. The van der Waals surface area contributed by atoms with Gasteiger partial charge in [-0.05, 0) is 107 Å². The van der Waals surface area contributed by atoms with Crippen LogP contribution < -0.4 is 59.3 Å². The normalized spacial score (nSPS) is 16.2. The Labute approximate surface area is 452 Å². The summed E-state index contributed by atoms with van der Waals surface area (Å²) in [6.45, 7) is 27.9. The fourth-order valence-electron chi connectivity index (χ4n) is 7.94. The standard InChI is InChI=1S/C54H99N11O11/c1-17-33(14)44(65-48(70)38(24-22-26-56)59-49(71)40(29(6)7)61-46(68)36(19-3)57-54(76)45(67)34(15)18-2)53(75)64-43(32(12)13)52(74)63-42(31(10)11)50(72)58-37(23-20-21-25-55)47(69)62-41(30(8)9)51(73)60-39(35(16)66)27-28(4)5/h19,28-34,37-45,67H,17-18,20-27,55-56H2,1-16H3,(H,57,76)(H,58,72)(H,59,71)(H,60,73)(H,61,68)(H,62,69)(H,63,74)(H,64,75)(H,65,70)/b36-19+/t33-,34-,37?,38+,39?,40?,41-,42-,43-,44-,45-/m0/s1. The van der Waals surface area contributed by atoms with Gasteiger partial charge in [0.25, 0.3) is 11.8 Å². The van der Waals surface area contributed by atoms with Gasteiger partial charge in [0.05, 0.1) is 6.04 Å². The lowest BCUT2D eigenvalue weighted by Crippen LogP contribution is -2.62. The average Bonchev–Trinajstić information content (AvgIpc) is 3.35. The molecule has 0 aromatic carbocycles. The second kappa shape index (κ2) is 35.8. The summed E-state index contributed by atoms with van der Waals surface area (Å²) in [7, 11) is 0. The van der Waals surface area contributed by atoms with Gasteiger partial charge in [-0.3, -0.25) is 47.9 Å². The van der Waals surface area contributed by atoms with Gasteiger partial charge in [0, 0.05) is 0 Å². The monoisotopic (exact) mass is 1080 g/mol. The number of nitrogens with two attached hydrogens (primary N) is 2. The van der Waals surface area contributed by atoms with Crippen molar-refractivity contribution in [1.29, 1.82) is 0 Å². The van der Waals surface area contributed by atoms with E-state index in [-0.39, 0.29) is 42.7 Å². The van der Waals surface area contributed by atoms with Gasteiger partial charge in [-0.1, -0.05) is 116 Å². The van der Waals surface area contributed by atoms with E-state index in [1.165, 1.54) is 19.9 Å². The van der Waals surface area contributed by atoms with E-state index in [0.29, 0.717) is 45.1 Å². The topological polar surface area (TPSA) is 351 Å². The van der Waals surface area contributed by atoms with Gasteiger partial charge in [-0.15, -0.1) is 0 Å². The van der Waals surface area contributed by atoms with Crippen LogP contribution in [0.25, 0.3) is 0 Å². The zero-order valence-corrected chi connectivity index (χ0v) is 48.6. The van der Waals surface area contributed by atoms with Gasteiger partial charge in [-0.2, -0.15) is 0 Å². The molecular formula is C54H99N11O11. The average molecular weight is 1080 g/mol. The number of Topliss-reactive ketones (excluding diaryl/α,β-unsaturated/α-hetero) is 1. The predicted octanol–water partition coefficient (Wildman–Crippen LogP) is 1.46. The first-order valence-electron chi connectivity index (χ1n) is 27.4. The lowest BCUT2D eigenvalue weighted by molar-refractivity contribution is -0.137. The van der Waals surface area contributed by atoms with E-state index >= 15 is 0 Å². The number of carbonyl (C=O) groups is 10. The van der Waals surface area contributed by atoms with Crippen LogP contribution in [0.2, 0.25) is 0 Å². The molecule has 22 nitrogen and oxygen atoms in total. The molecule has 0 fully saturated rings. The second-order valence-corrected chi connectivity index (χ2v) is 21.9. The van der Waals surface area contributed by atoms with Gasteiger partial charge in [-0.25, -0.2) is 0 Å².